The first-order chi connectivity index (χ1) is 14.9. The summed E-state index contributed by atoms with van der Waals surface area (Å²) in [6.45, 7) is 0. The number of nitrogens with zero attached hydrogens (tertiary/aromatic N) is 1. The van der Waals surface area contributed by atoms with Crippen LogP contribution in [-0.4, -0.2) is 27.1 Å². The molecular formula is C23H19Cl2NO3S2. The third-order valence-corrected chi connectivity index (χ3v) is 7.18. The first-order valence-electron chi connectivity index (χ1n) is 9.97. The molecule has 0 spiro atoms. The minimum absolute atomic E-state index is 0.0187. The molecule has 31 heavy (non-hydrogen) atoms. The van der Waals surface area contributed by atoms with E-state index in [4.69, 9.17) is 40.2 Å². The summed E-state index contributed by atoms with van der Waals surface area (Å²) in [6.07, 6.45) is 7.35. The van der Waals surface area contributed by atoms with Crippen molar-refractivity contribution in [2.24, 2.45) is 0 Å². The highest BCUT2D eigenvalue weighted by Crippen LogP contribution is 2.37. The third kappa shape index (κ3) is 5.14. The molecule has 1 amide bonds. The number of hydrogen-bond donors (Lipinski definition) is 0. The monoisotopic (exact) mass is 491 g/mol. The molecular weight excluding hydrogens is 473 g/mol. The first kappa shape index (κ1) is 22.3. The van der Waals surface area contributed by atoms with Gasteiger partial charge in [-0.25, -0.2) is 4.79 Å². The molecule has 2 fully saturated rings. The predicted molar refractivity (Wildman–Crippen MR) is 130 cm³/mol. The highest BCUT2D eigenvalue weighted by molar-refractivity contribution is 8.26. The molecule has 2 aliphatic rings. The van der Waals surface area contributed by atoms with Gasteiger partial charge in [-0.2, -0.15) is 0 Å². The van der Waals surface area contributed by atoms with Gasteiger partial charge in [0.05, 0.1) is 15.5 Å². The average Bonchev–Trinajstić information content (AvgIpc) is 3.03. The maximum Gasteiger partial charge on any atom is 0.345 e. The van der Waals surface area contributed by atoms with Gasteiger partial charge in [-0.05, 0) is 54.8 Å². The Morgan fingerprint density at radius 2 is 1.81 bits per heavy atom. The summed E-state index contributed by atoms with van der Waals surface area (Å²) in [4.78, 5) is 27.7. The molecule has 0 N–H and O–H groups in total. The number of ether oxygens (including phenoxy) is 1. The van der Waals surface area contributed by atoms with Crippen LogP contribution in [0, 0.1) is 0 Å². The molecule has 4 nitrogen and oxygen atoms in total. The molecule has 0 atom stereocenters. The lowest BCUT2D eigenvalue weighted by Gasteiger charge is -2.29. The fraction of sp³-hybridized carbons (Fsp3) is 0.261. The van der Waals surface area contributed by atoms with E-state index in [1.54, 1.807) is 35.2 Å². The number of benzene rings is 2. The summed E-state index contributed by atoms with van der Waals surface area (Å²) in [5.74, 6) is -0.208. The van der Waals surface area contributed by atoms with Gasteiger partial charge < -0.3 is 4.74 Å². The van der Waals surface area contributed by atoms with Crippen LogP contribution in [0.3, 0.4) is 0 Å². The van der Waals surface area contributed by atoms with E-state index in [-0.39, 0.29) is 22.5 Å². The quantitative estimate of drug-likeness (QED) is 0.205. The lowest BCUT2D eigenvalue weighted by atomic mass is 9.94. The number of thioether (sulfide) groups is 1. The van der Waals surface area contributed by atoms with Gasteiger partial charge in [-0.1, -0.05) is 78.6 Å². The molecule has 0 unspecified atom stereocenters. The Balaban J connectivity index is 1.44. The van der Waals surface area contributed by atoms with E-state index in [0.29, 0.717) is 20.0 Å². The van der Waals surface area contributed by atoms with Gasteiger partial charge in [0.2, 0.25) is 0 Å². The lowest BCUT2D eigenvalue weighted by molar-refractivity contribution is -0.124. The maximum absolute atomic E-state index is 12.9. The Labute approximate surface area is 200 Å². The molecule has 8 heteroatoms. The highest BCUT2D eigenvalue weighted by Gasteiger charge is 2.37. The van der Waals surface area contributed by atoms with Gasteiger partial charge in [0.15, 0.2) is 0 Å². The van der Waals surface area contributed by atoms with Gasteiger partial charge in [0.25, 0.3) is 5.91 Å². The normalized spacial score (nSPS) is 18.6. The number of thiocarbonyl (C=S) groups is 1. The van der Waals surface area contributed by atoms with Gasteiger partial charge >= 0.3 is 5.97 Å². The summed E-state index contributed by atoms with van der Waals surface area (Å²) in [6, 6.07) is 11.7. The largest absolute Gasteiger partial charge is 0.423 e. The summed E-state index contributed by atoms with van der Waals surface area (Å²) in [7, 11) is 0. The van der Waals surface area contributed by atoms with Crippen molar-refractivity contribution < 1.29 is 14.3 Å². The van der Waals surface area contributed by atoms with Crippen molar-refractivity contribution in [3.05, 3.63) is 68.5 Å². The molecule has 0 aromatic heterocycles. The van der Waals surface area contributed by atoms with Crippen LogP contribution in [0.15, 0.2) is 47.4 Å². The van der Waals surface area contributed by atoms with Crippen LogP contribution in [0.5, 0.6) is 5.75 Å². The van der Waals surface area contributed by atoms with Crippen molar-refractivity contribution in [1.29, 1.82) is 0 Å². The SMILES string of the molecule is O=C(Oc1ccc(/C=C2\SC(=S)N(C3CCCCC3)C2=O)cc1)c1ccc(Cl)cc1Cl. The van der Waals surface area contributed by atoms with E-state index in [0.717, 1.165) is 31.2 Å². The second-order valence-electron chi connectivity index (χ2n) is 7.43. The van der Waals surface area contributed by atoms with Gasteiger partial charge in [0, 0.05) is 11.1 Å². The molecule has 1 saturated carbocycles. The molecule has 0 bridgehead atoms. The van der Waals surface area contributed by atoms with Crippen LogP contribution < -0.4 is 4.74 Å². The van der Waals surface area contributed by atoms with Crippen LogP contribution in [0.2, 0.25) is 10.0 Å². The second-order valence-corrected chi connectivity index (χ2v) is 9.95. The summed E-state index contributed by atoms with van der Waals surface area (Å²) in [5.41, 5.74) is 1.06. The molecule has 160 valence electrons. The highest BCUT2D eigenvalue weighted by atomic mass is 35.5. The molecule has 2 aromatic rings. The summed E-state index contributed by atoms with van der Waals surface area (Å²) >= 11 is 18.7. The van der Waals surface area contributed by atoms with Gasteiger partial charge in [-0.3, -0.25) is 9.69 Å². The Kier molecular flexibility index (Phi) is 7.02. The van der Waals surface area contributed by atoms with Crippen molar-refractivity contribution in [3.8, 4) is 5.75 Å². The Morgan fingerprint density at radius 1 is 1.10 bits per heavy atom. The van der Waals surface area contributed by atoms with Gasteiger partial charge in [0.1, 0.15) is 10.1 Å². The number of halogens is 2. The minimum Gasteiger partial charge on any atom is -0.423 e. The number of carbonyl (C=O) groups excluding carboxylic acids is 2. The molecule has 2 aromatic carbocycles. The zero-order chi connectivity index (χ0) is 22.0. The number of hydrogen-bond acceptors (Lipinski definition) is 5. The molecule has 0 radical (unpaired) electrons. The Bertz CT molecular complexity index is 1060. The van der Waals surface area contributed by atoms with E-state index < -0.39 is 5.97 Å². The number of amides is 1. The van der Waals surface area contributed by atoms with E-state index in [1.807, 2.05) is 6.08 Å². The predicted octanol–water partition coefficient (Wildman–Crippen LogP) is 6.75. The second kappa shape index (κ2) is 9.74. The van der Waals surface area contributed by atoms with E-state index in [2.05, 4.69) is 0 Å². The maximum atomic E-state index is 12.9. The zero-order valence-electron chi connectivity index (χ0n) is 16.5. The van der Waals surface area contributed by atoms with Crippen molar-refractivity contribution in [1.82, 2.24) is 4.90 Å². The van der Waals surface area contributed by atoms with Crippen LogP contribution in [0.25, 0.3) is 6.08 Å². The Morgan fingerprint density at radius 3 is 2.48 bits per heavy atom. The average molecular weight is 492 g/mol. The van der Waals surface area contributed by atoms with Crippen molar-refractivity contribution >= 4 is 69.5 Å². The zero-order valence-corrected chi connectivity index (χ0v) is 19.6. The molecule has 1 aliphatic carbocycles. The van der Waals surface area contributed by atoms with Crippen LogP contribution in [-0.2, 0) is 4.79 Å². The fourth-order valence-electron chi connectivity index (χ4n) is 3.73. The number of carbonyl (C=O) groups is 2. The van der Waals surface area contributed by atoms with E-state index >= 15 is 0 Å². The number of rotatable bonds is 4. The lowest BCUT2D eigenvalue weighted by Crippen LogP contribution is -2.39. The summed E-state index contributed by atoms with van der Waals surface area (Å²) < 4.78 is 6.03. The van der Waals surface area contributed by atoms with Crippen molar-refractivity contribution in [2.45, 2.75) is 38.1 Å². The van der Waals surface area contributed by atoms with Crippen LogP contribution >= 0.6 is 47.2 Å². The standard InChI is InChI=1S/C23H19Cl2NO3S2/c24-15-8-11-18(19(25)13-15)22(28)29-17-9-6-14(7-10-17)12-20-21(27)26(23(30)31-20)16-4-2-1-3-5-16/h6-13,16H,1-5H2/b20-12-. The van der Waals surface area contributed by atoms with E-state index in [1.165, 1.54) is 30.3 Å². The topological polar surface area (TPSA) is 46.6 Å². The van der Waals surface area contributed by atoms with Crippen molar-refractivity contribution in [3.63, 3.8) is 0 Å². The van der Waals surface area contributed by atoms with Gasteiger partial charge in [-0.15, -0.1) is 0 Å². The summed E-state index contributed by atoms with van der Waals surface area (Å²) in [5, 5.41) is 0.675. The Hall–Kier alpha value is -1.86. The molecule has 1 heterocycles. The van der Waals surface area contributed by atoms with Crippen LogP contribution in [0.1, 0.15) is 48.0 Å². The van der Waals surface area contributed by atoms with Crippen molar-refractivity contribution in [2.75, 3.05) is 0 Å². The fourth-order valence-corrected chi connectivity index (χ4v) is 5.62. The van der Waals surface area contributed by atoms with E-state index in [9.17, 15) is 9.59 Å². The smallest absolute Gasteiger partial charge is 0.345 e. The van der Waals surface area contributed by atoms with Crippen LogP contribution in [0.4, 0.5) is 0 Å². The molecule has 1 saturated heterocycles. The molecule has 1 aliphatic heterocycles. The molecule has 4 rings (SSSR count). The third-order valence-electron chi connectivity index (χ3n) is 5.30. The first-order valence-corrected chi connectivity index (χ1v) is 11.9. The number of esters is 1. The minimum atomic E-state index is -0.567.